The summed E-state index contributed by atoms with van der Waals surface area (Å²) in [4.78, 5) is 11.1. The number of nitrogens with zero attached hydrogens (tertiary/aromatic N) is 4. The lowest BCUT2D eigenvalue weighted by molar-refractivity contribution is 0.0204. The third-order valence-electron chi connectivity index (χ3n) is 6.12. The van der Waals surface area contributed by atoms with E-state index in [4.69, 9.17) is 0 Å². The largest absolute Gasteiger partial charge is 0.383 e. The highest BCUT2D eigenvalue weighted by molar-refractivity contribution is 5.83. The fourth-order valence-electron chi connectivity index (χ4n) is 4.72. The van der Waals surface area contributed by atoms with E-state index in [0.29, 0.717) is 18.5 Å². The van der Waals surface area contributed by atoms with Crippen molar-refractivity contribution in [1.82, 2.24) is 19.4 Å². The Morgan fingerprint density at radius 2 is 2.19 bits per heavy atom. The third kappa shape index (κ3) is 2.58. The van der Waals surface area contributed by atoms with Crippen molar-refractivity contribution in [3.05, 3.63) is 58.7 Å². The van der Waals surface area contributed by atoms with Crippen molar-refractivity contribution in [1.29, 1.82) is 0 Å². The van der Waals surface area contributed by atoms with Crippen molar-refractivity contribution in [2.75, 3.05) is 13.6 Å². The van der Waals surface area contributed by atoms with E-state index in [0.717, 1.165) is 48.1 Å². The predicted octanol–water partition coefficient (Wildman–Crippen LogP) is 2.72. The fourth-order valence-corrected chi connectivity index (χ4v) is 4.72. The Bertz CT molecular complexity index is 1030. The number of aromatic nitrogens is 3. The van der Waals surface area contributed by atoms with E-state index < -0.39 is 12.3 Å². The molecule has 27 heavy (non-hydrogen) atoms. The highest BCUT2D eigenvalue weighted by atomic mass is 19.1. The average Bonchev–Trinajstić information content (AvgIpc) is 3.17. The van der Waals surface area contributed by atoms with Crippen molar-refractivity contribution in [3.63, 3.8) is 0 Å². The number of aryl methyl sites for hydroxylation is 1. The minimum atomic E-state index is -0.915. The van der Waals surface area contributed by atoms with Crippen LogP contribution in [0, 0.1) is 0 Å². The van der Waals surface area contributed by atoms with E-state index in [1.54, 1.807) is 12.4 Å². The number of likely N-dealkylation sites (N-methyl/N-ethyl adjacent to an activating group) is 1. The maximum atomic E-state index is 13.2. The summed E-state index contributed by atoms with van der Waals surface area (Å²) in [6.45, 7) is 1.76. The van der Waals surface area contributed by atoms with Crippen molar-refractivity contribution >= 4 is 11.0 Å². The molecular formula is C21H23FN4O. The van der Waals surface area contributed by atoms with Crippen molar-refractivity contribution in [2.24, 2.45) is 0 Å². The van der Waals surface area contributed by atoms with Crippen LogP contribution >= 0.6 is 0 Å². The van der Waals surface area contributed by atoms with Gasteiger partial charge in [0.25, 0.3) is 0 Å². The minimum Gasteiger partial charge on any atom is -0.383 e. The molecule has 6 heteroatoms. The quantitative estimate of drug-likeness (QED) is 0.774. The molecule has 3 aromatic heterocycles. The van der Waals surface area contributed by atoms with E-state index in [9.17, 15) is 9.50 Å². The van der Waals surface area contributed by atoms with Gasteiger partial charge in [-0.25, -0.2) is 9.37 Å². The molecule has 5 rings (SSSR count). The number of fused-ring (bicyclic) bond motifs is 4. The molecule has 0 bridgehead atoms. The highest BCUT2D eigenvalue weighted by Crippen LogP contribution is 2.40. The second kappa shape index (κ2) is 6.11. The van der Waals surface area contributed by atoms with E-state index >= 15 is 0 Å². The lowest BCUT2D eigenvalue weighted by Gasteiger charge is -2.28. The zero-order valence-corrected chi connectivity index (χ0v) is 15.5. The maximum absolute atomic E-state index is 13.2. The van der Waals surface area contributed by atoms with Crippen LogP contribution in [-0.4, -0.2) is 38.1 Å². The van der Waals surface area contributed by atoms with Crippen LogP contribution in [0.15, 0.2) is 30.7 Å². The topological polar surface area (TPSA) is 54.2 Å². The van der Waals surface area contributed by atoms with E-state index in [-0.39, 0.29) is 0 Å². The van der Waals surface area contributed by atoms with Crippen LogP contribution in [0.4, 0.5) is 4.39 Å². The molecule has 0 saturated carbocycles. The van der Waals surface area contributed by atoms with Crippen LogP contribution in [0.25, 0.3) is 11.0 Å². The molecule has 140 valence electrons. The molecule has 0 aromatic carbocycles. The Kier molecular flexibility index (Phi) is 3.81. The lowest BCUT2D eigenvalue weighted by Crippen LogP contribution is -2.32. The van der Waals surface area contributed by atoms with Gasteiger partial charge in [-0.3, -0.25) is 4.98 Å². The van der Waals surface area contributed by atoms with Crippen LogP contribution in [0.3, 0.4) is 0 Å². The molecule has 0 saturated heterocycles. The van der Waals surface area contributed by atoms with Gasteiger partial charge in [-0.05, 0) is 48.7 Å². The summed E-state index contributed by atoms with van der Waals surface area (Å²) in [6.07, 6.45) is 7.65. The number of hydrogen-bond donors (Lipinski definition) is 1. The molecule has 0 fully saturated rings. The summed E-state index contributed by atoms with van der Waals surface area (Å²) >= 11 is 0. The summed E-state index contributed by atoms with van der Waals surface area (Å²) in [5, 5.41) is 12.5. The molecule has 4 heterocycles. The van der Waals surface area contributed by atoms with Crippen molar-refractivity contribution in [2.45, 2.75) is 44.6 Å². The fraction of sp³-hybridized carbons (Fsp3) is 0.429. The van der Waals surface area contributed by atoms with Crippen LogP contribution in [0.5, 0.6) is 0 Å². The summed E-state index contributed by atoms with van der Waals surface area (Å²) in [5.41, 5.74) is 5.08. The first-order valence-electron chi connectivity index (χ1n) is 9.48. The Morgan fingerprint density at radius 1 is 1.30 bits per heavy atom. The van der Waals surface area contributed by atoms with E-state index in [1.165, 1.54) is 11.3 Å². The highest BCUT2D eigenvalue weighted by Gasteiger charge is 2.38. The maximum Gasteiger partial charge on any atom is 0.140 e. The monoisotopic (exact) mass is 366 g/mol. The number of pyridine rings is 2. The normalized spacial score (nSPS) is 22.2. The Labute approximate surface area is 157 Å². The van der Waals surface area contributed by atoms with Crippen LogP contribution < -0.4 is 0 Å². The second-order valence-corrected chi connectivity index (χ2v) is 7.91. The summed E-state index contributed by atoms with van der Waals surface area (Å²) < 4.78 is 15.4. The second-order valence-electron chi connectivity index (χ2n) is 7.91. The first-order valence-corrected chi connectivity index (χ1v) is 9.48. The van der Waals surface area contributed by atoms with Gasteiger partial charge in [0.15, 0.2) is 0 Å². The number of hydrogen-bond acceptors (Lipinski definition) is 4. The molecule has 1 aliphatic heterocycles. The Morgan fingerprint density at radius 3 is 3.04 bits per heavy atom. The van der Waals surface area contributed by atoms with Gasteiger partial charge in [0.1, 0.15) is 17.9 Å². The summed E-state index contributed by atoms with van der Waals surface area (Å²) in [7, 11) is 2.10. The molecule has 1 unspecified atom stereocenters. The van der Waals surface area contributed by atoms with E-state index in [2.05, 4.69) is 26.5 Å². The van der Waals surface area contributed by atoms with Crippen LogP contribution in [0.2, 0.25) is 0 Å². The zero-order valence-electron chi connectivity index (χ0n) is 15.5. The number of halogens is 1. The molecule has 0 spiro atoms. The van der Waals surface area contributed by atoms with Gasteiger partial charge in [-0.15, -0.1) is 0 Å². The SMILES string of the molecule is CN1CCc2c(c3cc(CF)cnc3n2CC2(O)CCc3cnccc32)C1. The molecule has 3 aromatic rings. The van der Waals surface area contributed by atoms with Crippen molar-refractivity contribution < 1.29 is 9.50 Å². The first-order chi connectivity index (χ1) is 13.1. The predicted molar refractivity (Wildman–Crippen MR) is 101 cm³/mol. The summed E-state index contributed by atoms with van der Waals surface area (Å²) in [6, 6.07) is 3.86. The summed E-state index contributed by atoms with van der Waals surface area (Å²) in [5.74, 6) is 0. The number of alkyl halides is 1. The van der Waals surface area contributed by atoms with Gasteiger partial charge < -0.3 is 14.6 Å². The first kappa shape index (κ1) is 16.8. The molecule has 1 N–H and O–H groups in total. The molecule has 0 radical (unpaired) electrons. The number of aliphatic hydroxyl groups is 1. The van der Waals surface area contributed by atoms with Gasteiger partial charge >= 0.3 is 0 Å². The van der Waals surface area contributed by atoms with Crippen LogP contribution in [-0.2, 0) is 38.2 Å². The molecule has 0 amide bonds. The van der Waals surface area contributed by atoms with Crippen molar-refractivity contribution in [3.8, 4) is 0 Å². The van der Waals surface area contributed by atoms with E-state index in [1.807, 2.05) is 18.3 Å². The molecule has 5 nitrogen and oxygen atoms in total. The van der Waals surface area contributed by atoms with Crippen LogP contribution in [0.1, 0.15) is 34.4 Å². The average molecular weight is 366 g/mol. The Balaban J connectivity index is 1.66. The lowest BCUT2D eigenvalue weighted by atomic mass is 9.96. The minimum absolute atomic E-state index is 0.474. The van der Waals surface area contributed by atoms with Gasteiger partial charge in [0, 0.05) is 54.7 Å². The van der Waals surface area contributed by atoms with Gasteiger partial charge in [0.05, 0.1) is 6.54 Å². The van der Waals surface area contributed by atoms with Gasteiger partial charge in [-0.1, -0.05) is 0 Å². The molecule has 1 aliphatic carbocycles. The zero-order chi connectivity index (χ0) is 18.6. The van der Waals surface area contributed by atoms with Gasteiger partial charge in [-0.2, -0.15) is 0 Å². The third-order valence-corrected chi connectivity index (χ3v) is 6.12. The van der Waals surface area contributed by atoms with Gasteiger partial charge in [0.2, 0.25) is 0 Å². The molecular weight excluding hydrogens is 343 g/mol. The number of rotatable bonds is 3. The molecule has 1 atom stereocenters. The Hall–Kier alpha value is -2.31. The standard InChI is InChI=1S/C21H23FN4O/c1-25-7-4-19-17(12-25)16-8-14(9-22)10-24-20(16)26(19)13-21(27)5-2-15-11-23-6-3-18(15)21/h3,6,8,10-11,27H,2,4-5,7,9,12-13H2,1H3. The molecule has 2 aliphatic rings. The smallest absolute Gasteiger partial charge is 0.140 e.